The molecular formula is C20H30O4. The van der Waals surface area contributed by atoms with Crippen molar-refractivity contribution in [3.63, 3.8) is 0 Å². The molecule has 24 heavy (non-hydrogen) atoms. The Hall–Kier alpha value is -1.58. The first-order chi connectivity index (χ1) is 11.1. The van der Waals surface area contributed by atoms with Crippen molar-refractivity contribution in [1.82, 2.24) is 0 Å². The van der Waals surface area contributed by atoms with Crippen molar-refractivity contribution >= 4 is 11.9 Å². The lowest BCUT2D eigenvalue weighted by Gasteiger charge is -2.57. The van der Waals surface area contributed by atoms with E-state index in [4.69, 9.17) is 5.11 Å². The van der Waals surface area contributed by atoms with Crippen LogP contribution in [0.2, 0.25) is 0 Å². The second-order valence-corrected chi connectivity index (χ2v) is 8.24. The van der Waals surface area contributed by atoms with Crippen LogP contribution in [0.25, 0.3) is 0 Å². The van der Waals surface area contributed by atoms with Crippen LogP contribution in [-0.4, -0.2) is 22.2 Å². The maximum Gasteiger partial charge on any atom is 0.331 e. The van der Waals surface area contributed by atoms with E-state index in [1.165, 1.54) is 6.08 Å². The van der Waals surface area contributed by atoms with Crippen LogP contribution in [0.4, 0.5) is 0 Å². The average molecular weight is 334 g/mol. The molecule has 0 aliphatic heterocycles. The van der Waals surface area contributed by atoms with E-state index in [0.717, 1.165) is 44.1 Å². The third kappa shape index (κ3) is 3.28. The quantitative estimate of drug-likeness (QED) is 0.717. The normalized spacial score (nSPS) is 36.7. The molecule has 4 unspecified atom stereocenters. The number of carboxylic acids is 2. The average Bonchev–Trinajstić information content (AvgIpc) is 2.48. The van der Waals surface area contributed by atoms with Gasteiger partial charge in [0.2, 0.25) is 0 Å². The van der Waals surface area contributed by atoms with Gasteiger partial charge in [0.05, 0.1) is 0 Å². The van der Waals surface area contributed by atoms with Crippen molar-refractivity contribution in [3.8, 4) is 0 Å². The van der Waals surface area contributed by atoms with Crippen LogP contribution in [0, 0.1) is 22.7 Å². The maximum absolute atomic E-state index is 11.8. The van der Waals surface area contributed by atoms with Crippen LogP contribution < -0.4 is 0 Å². The zero-order valence-electron chi connectivity index (χ0n) is 15.3. The van der Waals surface area contributed by atoms with Gasteiger partial charge < -0.3 is 10.2 Å². The number of carbonyl (C=O) groups is 2. The Balaban J connectivity index is 2.29. The van der Waals surface area contributed by atoms with E-state index in [9.17, 15) is 14.7 Å². The van der Waals surface area contributed by atoms with Crippen LogP contribution >= 0.6 is 0 Å². The molecule has 0 aromatic carbocycles. The van der Waals surface area contributed by atoms with Crippen molar-refractivity contribution in [2.24, 2.45) is 22.7 Å². The molecule has 0 saturated heterocycles. The third-order valence-electron chi connectivity index (χ3n) is 6.86. The molecular weight excluding hydrogens is 304 g/mol. The Labute approximate surface area is 144 Å². The molecule has 1 saturated carbocycles. The molecule has 134 valence electrons. The van der Waals surface area contributed by atoms with Gasteiger partial charge in [0.15, 0.2) is 0 Å². The monoisotopic (exact) mass is 334 g/mol. The van der Waals surface area contributed by atoms with Crippen molar-refractivity contribution in [2.45, 2.75) is 66.2 Å². The summed E-state index contributed by atoms with van der Waals surface area (Å²) in [6.07, 6.45) is 8.68. The number of aliphatic carboxylic acids is 2. The number of hydrogen-bond donors (Lipinski definition) is 2. The zero-order chi connectivity index (χ0) is 18.1. The van der Waals surface area contributed by atoms with Gasteiger partial charge in [-0.25, -0.2) is 9.59 Å². The van der Waals surface area contributed by atoms with Gasteiger partial charge in [0.25, 0.3) is 0 Å². The predicted molar refractivity (Wildman–Crippen MR) is 93.7 cm³/mol. The zero-order valence-corrected chi connectivity index (χ0v) is 15.3. The largest absolute Gasteiger partial charge is 0.478 e. The van der Waals surface area contributed by atoms with E-state index in [2.05, 4.69) is 20.8 Å². The van der Waals surface area contributed by atoms with Crippen LogP contribution in [0.15, 0.2) is 23.3 Å². The predicted octanol–water partition coefficient (Wildman–Crippen LogP) is 4.66. The number of hydrogen-bond acceptors (Lipinski definition) is 2. The molecule has 0 spiro atoms. The minimum absolute atomic E-state index is 0.0373. The summed E-state index contributed by atoms with van der Waals surface area (Å²) in [4.78, 5) is 22.6. The van der Waals surface area contributed by atoms with Gasteiger partial charge in [-0.1, -0.05) is 32.4 Å². The molecule has 0 heterocycles. The Morgan fingerprint density at radius 1 is 1.29 bits per heavy atom. The van der Waals surface area contributed by atoms with Gasteiger partial charge >= 0.3 is 11.9 Å². The third-order valence-corrected chi connectivity index (χ3v) is 6.86. The van der Waals surface area contributed by atoms with E-state index < -0.39 is 11.9 Å². The standard InChI is InChI=1S/C20H30O4/c1-13(12-17(21)22)8-10-19(3)14(2)9-11-20(4)15(18(23)24)6-5-7-16(19)20/h6,12,14,16H,5,7-11H2,1-4H3,(H,21,22)(H,23,24). The number of fused-ring (bicyclic) bond motifs is 1. The van der Waals surface area contributed by atoms with Gasteiger partial charge in [-0.2, -0.15) is 0 Å². The highest BCUT2D eigenvalue weighted by atomic mass is 16.4. The molecule has 2 rings (SSSR count). The van der Waals surface area contributed by atoms with Crippen molar-refractivity contribution in [1.29, 1.82) is 0 Å². The summed E-state index contributed by atoms with van der Waals surface area (Å²) in [6, 6.07) is 0. The molecule has 2 N–H and O–H groups in total. The lowest BCUT2D eigenvalue weighted by Crippen LogP contribution is -2.51. The summed E-state index contributed by atoms with van der Waals surface area (Å²) >= 11 is 0. The molecule has 4 atom stereocenters. The summed E-state index contributed by atoms with van der Waals surface area (Å²) in [6.45, 7) is 8.56. The number of carboxylic acid groups (broad SMARTS) is 2. The number of allylic oxidation sites excluding steroid dienone is 2. The van der Waals surface area contributed by atoms with Gasteiger partial charge in [0.1, 0.15) is 0 Å². The molecule has 2 aliphatic rings. The van der Waals surface area contributed by atoms with Crippen LogP contribution in [0.5, 0.6) is 0 Å². The summed E-state index contributed by atoms with van der Waals surface area (Å²) in [5.74, 6) is -0.821. The second kappa shape index (κ2) is 6.73. The van der Waals surface area contributed by atoms with E-state index in [1.54, 1.807) is 0 Å². The fraction of sp³-hybridized carbons (Fsp3) is 0.700. The highest BCUT2D eigenvalue weighted by Gasteiger charge is 2.55. The van der Waals surface area contributed by atoms with Gasteiger partial charge in [-0.15, -0.1) is 0 Å². The van der Waals surface area contributed by atoms with Gasteiger partial charge in [-0.05, 0) is 62.7 Å². The van der Waals surface area contributed by atoms with Gasteiger partial charge in [0, 0.05) is 17.1 Å². The SMILES string of the molecule is CC(=CC(=O)O)CCC1(C)C(C)CCC2(C)C(C(=O)O)=CCCC21. The van der Waals surface area contributed by atoms with Crippen molar-refractivity contribution < 1.29 is 19.8 Å². The Morgan fingerprint density at radius 2 is 1.96 bits per heavy atom. The summed E-state index contributed by atoms with van der Waals surface area (Å²) in [5, 5.41) is 18.6. The molecule has 2 aliphatic carbocycles. The Morgan fingerprint density at radius 3 is 2.54 bits per heavy atom. The fourth-order valence-electron chi connectivity index (χ4n) is 5.19. The molecule has 0 aromatic heterocycles. The Bertz CT molecular complexity index is 588. The van der Waals surface area contributed by atoms with E-state index >= 15 is 0 Å². The second-order valence-electron chi connectivity index (χ2n) is 8.24. The van der Waals surface area contributed by atoms with E-state index in [1.807, 2.05) is 13.0 Å². The minimum atomic E-state index is -0.895. The Kier molecular flexibility index (Phi) is 5.26. The topological polar surface area (TPSA) is 74.6 Å². The van der Waals surface area contributed by atoms with Crippen LogP contribution in [0.3, 0.4) is 0 Å². The molecule has 1 fully saturated rings. The molecule has 0 radical (unpaired) electrons. The van der Waals surface area contributed by atoms with E-state index in [0.29, 0.717) is 17.4 Å². The minimum Gasteiger partial charge on any atom is -0.478 e. The first-order valence-electron chi connectivity index (χ1n) is 8.95. The molecule has 0 amide bonds. The highest BCUT2D eigenvalue weighted by molar-refractivity contribution is 5.88. The van der Waals surface area contributed by atoms with Crippen molar-refractivity contribution in [2.75, 3.05) is 0 Å². The summed E-state index contributed by atoms with van der Waals surface area (Å²) < 4.78 is 0. The smallest absolute Gasteiger partial charge is 0.331 e. The van der Waals surface area contributed by atoms with Crippen LogP contribution in [-0.2, 0) is 9.59 Å². The van der Waals surface area contributed by atoms with E-state index in [-0.39, 0.29) is 10.8 Å². The van der Waals surface area contributed by atoms with Gasteiger partial charge in [-0.3, -0.25) is 0 Å². The van der Waals surface area contributed by atoms with Crippen molar-refractivity contribution in [3.05, 3.63) is 23.3 Å². The first kappa shape index (κ1) is 18.8. The highest BCUT2D eigenvalue weighted by Crippen LogP contribution is 2.62. The molecule has 4 heteroatoms. The fourth-order valence-corrected chi connectivity index (χ4v) is 5.19. The maximum atomic E-state index is 11.8. The molecule has 4 nitrogen and oxygen atoms in total. The summed E-state index contributed by atoms with van der Waals surface area (Å²) in [5.41, 5.74) is 1.24. The molecule has 0 aromatic rings. The lowest BCUT2D eigenvalue weighted by molar-refractivity contribution is -0.137. The molecule has 0 bridgehead atoms. The number of rotatable bonds is 5. The van der Waals surface area contributed by atoms with Crippen LogP contribution in [0.1, 0.15) is 66.2 Å². The lowest BCUT2D eigenvalue weighted by atomic mass is 9.46. The summed E-state index contributed by atoms with van der Waals surface area (Å²) in [7, 11) is 0. The first-order valence-corrected chi connectivity index (χ1v) is 8.95.